The van der Waals surface area contributed by atoms with Crippen LogP contribution < -0.4 is 0 Å². The minimum Gasteiger partial charge on any atom is -0.466 e. The largest absolute Gasteiger partial charge is 0.466 e. The van der Waals surface area contributed by atoms with E-state index in [1.807, 2.05) is 0 Å². The molecule has 0 radical (unpaired) electrons. The first kappa shape index (κ1) is 16.4. The van der Waals surface area contributed by atoms with E-state index in [4.69, 9.17) is 9.16 Å². The highest BCUT2D eigenvalue weighted by atomic mass is 28.4. The van der Waals surface area contributed by atoms with E-state index in [-0.39, 0.29) is 16.9 Å². The number of ether oxygens (including phenoxy) is 1. The second kappa shape index (κ2) is 5.36. The summed E-state index contributed by atoms with van der Waals surface area (Å²) in [4.78, 5) is 23.0. The Morgan fingerprint density at radius 1 is 1.42 bits per heavy atom. The Labute approximate surface area is 117 Å². The first-order valence-corrected chi connectivity index (χ1v) is 9.77. The Morgan fingerprint density at radius 3 is 2.42 bits per heavy atom. The molecule has 0 bridgehead atoms. The van der Waals surface area contributed by atoms with Gasteiger partial charge in [-0.05, 0) is 31.5 Å². The van der Waals surface area contributed by atoms with Gasteiger partial charge >= 0.3 is 5.97 Å². The van der Waals surface area contributed by atoms with Gasteiger partial charge in [-0.25, -0.2) is 0 Å². The molecule has 4 nitrogen and oxygen atoms in total. The number of hydrogen-bond acceptors (Lipinski definition) is 4. The Morgan fingerprint density at radius 2 is 2.00 bits per heavy atom. The molecular weight excluding hydrogens is 260 g/mol. The fourth-order valence-electron chi connectivity index (χ4n) is 1.74. The maximum Gasteiger partial charge on any atom is 0.310 e. The third-order valence-corrected chi connectivity index (χ3v) is 8.91. The summed E-state index contributed by atoms with van der Waals surface area (Å²) >= 11 is 0. The zero-order valence-electron chi connectivity index (χ0n) is 12.9. The summed E-state index contributed by atoms with van der Waals surface area (Å²) in [7, 11) is -1.88. The molecule has 1 aliphatic carbocycles. The normalized spacial score (nSPS) is 26.9. The molecule has 0 aromatic carbocycles. The highest BCUT2D eigenvalue weighted by Gasteiger charge is 2.60. The van der Waals surface area contributed by atoms with Crippen LogP contribution in [0.2, 0.25) is 18.1 Å². The van der Waals surface area contributed by atoms with E-state index in [2.05, 4.69) is 33.9 Å². The van der Waals surface area contributed by atoms with Gasteiger partial charge in [-0.15, -0.1) is 0 Å². The summed E-state index contributed by atoms with van der Waals surface area (Å²) in [5.74, 6) is -0.580. The molecule has 0 amide bonds. The average Bonchev–Trinajstić information content (AvgIpc) is 3.01. The van der Waals surface area contributed by atoms with Crippen LogP contribution >= 0.6 is 0 Å². The molecule has 0 heterocycles. The van der Waals surface area contributed by atoms with Crippen molar-refractivity contribution in [2.24, 2.45) is 11.3 Å². The molecule has 0 aliphatic heterocycles. The van der Waals surface area contributed by atoms with Crippen molar-refractivity contribution in [3.8, 4) is 0 Å². The van der Waals surface area contributed by atoms with Crippen molar-refractivity contribution in [2.75, 3.05) is 13.2 Å². The molecular formula is C14H26O4Si. The summed E-state index contributed by atoms with van der Waals surface area (Å²) in [6, 6.07) is 0. The van der Waals surface area contributed by atoms with Crippen molar-refractivity contribution in [1.82, 2.24) is 0 Å². The predicted molar refractivity (Wildman–Crippen MR) is 76.4 cm³/mol. The van der Waals surface area contributed by atoms with Crippen LogP contribution in [0.5, 0.6) is 0 Å². The third kappa shape index (κ3) is 3.45. The van der Waals surface area contributed by atoms with E-state index in [1.165, 1.54) is 0 Å². The lowest BCUT2D eigenvalue weighted by atomic mass is 10.1. The molecule has 0 unspecified atom stereocenters. The van der Waals surface area contributed by atoms with Crippen LogP contribution in [0, 0.1) is 11.3 Å². The Bertz CT molecular complexity index is 359. The number of carbonyl (C=O) groups excluding carboxylic acids is 2. The van der Waals surface area contributed by atoms with E-state index in [0.29, 0.717) is 19.6 Å². The van der Waals surface area contributed by atoms with E-state index >= 15 is 0 Å². The van der Waals surface area contributed by atoms with Gasteiger partial charge in [0.25, 0.3) is 0 Å². The van der Waals surface area contributed by atoms with Crippen LogP contribution in [-0.2, 0) is 18.8 Å². The van der Waals surface area contributed by atoms with Crippen molar-refractivity contribution in [3.05, 3.63) is 0 Å². The third-order valence-electron chi connectivity index (χ3n) is 4.43. The van der Waals surface area contributed by atoms with Crippen LogP contribution in [0.25, 0.3) is 0 Å². The molecule has 5 heteroatoms. The first-order valence-electron chi connectivity index (χ1n) is 6.86. The summed E-state index contributed by atoms with van der Waals surface area (Å²) in [5.41, 5.74) is -0.637. The number of carbonyl (C=O) groups is 2. The molecule has 2 atom stereocenters. The molecule has 110 valence electrons. The van der Waals surface area contributed by atoms with E-state index in [0.717, 1.165) is 6.29 Å². The van der Waals surface area contributed by atoms with Gasteiger partial charge in [0.15, 0.2) is 8.32 Å². The van der Waals surface area contributed by atoms with Crippen molar-refractivity contribution in [3.63, 3.8) is 0 Å². The highest BCUT2D eigenvalue weighted by Crippen LogP contribution is 2.52. The molecule has 19 heavy (non-hydrogen) atoms. The second-order valence-corrected chi connectivity index (χ2v) is 11.7. The van der Waals surface area contributed by atoms with E-state index in [9.17, 15) is 9.59 Å². The van der Waals surface area contributed by atoms with E-state index in [1.54, 1.807) is 6.92 Å². The number of esters is 1. The predicted octanol–water partition coefficient (Wildman–Crippen LogP) is 2.78. The zero-order chi connectivity index (χ0) is 14.9. The molecule has 0 aromatic rings. The molecule has 0 saturated heterocycles. The van der Waals surface area contributed by atoms with Crippen LogP contribution in [0.1, 0.15) is 34.1 Å². The summed E-state index contributed by atoms with van der Waals surface area (Å²) in [6.07, 6.45) is 1.44. The number of hydrogen-bond donors (Lipinski definition) is 0. The molecule has 1 aliphatic rings. The maximum atomic E-state index is 11.7. The summed E-state index contributed by atoms with van der Waals surface area (Å²) < 4.78 is 11.1. The highest BCUT2D eigenvalue weighted by molar-refractivity contribution is 6.74. The van der Waals surface area contributed by atoms with Gasteiger partial charge in [0, 0.05) is 6.61 Å². The van der Waals surface area contributed by atoms with Crippen LogP contribution in [0.3, 0.4) is 0 Å². The van der Waals surface area contributed by atoms with Crippen molar-refractivity contribution >= 4 is 20.6 Å². The average molecular weight is 286 g/mol. The first-order chi connectivity index (χ1) is 8.59. The SMILES string of the molecule is CCOC(=O)[C@H]1C[C@@]1(C=O)CO[Si](C)(C)C(C)(C)C. The fraction of sp³-hybridized carbons (Fsp3) is 0.857. The summed E-state index contributed by atoms with van der Waals surface area (Å²) in [6.45, 7) is 13.2. The van der Waals surface area contributed by atoms with Gasteiger partial charge in [-0.1, -0.05) is 20.8 Å². The Hall–Kier alpha value is -0.683. The monoisotopic (exact) mass is 286 g/mol. The Balaban J connectivity index is 2.62. The summed E-state index contributed by atoms with van der Waals surface area (Å²) in [5, 5.41) is 0.103. The molecule has 0 N–H and O–H groups in total. The standard InChI is InChI=1S/C14H26O4Si/c1-7-17-12(16)11-8-14(11,9-15)10-18-19(5,6)13(2,3)4/h9,11H,7-8,10H2,1-6H3/t11-,14-/m1/s1. The maximum absolute atomic E-state index is 11.7. The molecule has 0 aromatic heterocycles. The van der Waals surface area contributed by atoms with Crippen LogP contribution in [0.4, 0.5) is 0 Å². The molecule has 0 spiro atoms. The van der Waals surface area contributed by atoms with Gasteiger partial charge in [0.1, 0.15) is 6.29 Å². The second-order valence-electron chi connectivity index (χ2n) is 6.91. The molecule has 1 rings (SSSR count). The lowest BCUT2D eigenvalue weighted by Crippen LogP contribution is -2.42. The van der Waals surface area contributed by atoms with Gasteiger partial charge in [0.2, 0.25) is 0 Å². The van der Waals surface area contributed by atoms with Crippen LogP contribution in [-0.4, -0.2) is 33.8 Å². The smallest absolute Gasteiger partial charge is 0.310 e. The molecule has 1 fully saturated rings. The van der Waals surface area contributed by atoms with Crippen molar-refractivity contribution in [2.45, 2.75) is 52.2 Å². The quantitative estimate of drug-likeness (QED) is 0.428. The number of rotatable bonds is 6. The minimum atomic E-state index is -1.88. The number of aldehydes is 1. The van der Waals surface area contributed by atoms with Crippen molar-refractivity contribution < 1.29 is 18.8 Å². The van der Waals surface area contributed by atoms with Gasteiger partial charge in [-0.2, -0.15) is 0 Å². The van der Waals surface area contributed by atoms with Gasteiger partial charge in [0.05, 0.1) is 17.9 Å². The van der Waals surface area contributed by atoms with Gasteiger partial charge < -0.3 is 14.0 Å². The lowest BCUT2D eigenvalue weighted by Gasteiger charge is -2.37. The van der Waals surface area contributed by atoms with E-state index < -0.39 is 13.7 Å². The van der Waals surface area contributed by atoms with Gasteiger partial charge in [-0.3, -0.25) is 4.79 Å². The minimum absolute atomic E-state index is 0.103. The Kier molecular flexibility index (Phi) is 4.62. The lowest BCUT2D eigenvalue weighted by molar-refractivity contribution is -0.146. The molecule has 1 saturated carbocycles. The zero-order valence-corrected chi connectivity index (χ0v) is 13.9. The van der Waals surface area contributed by atoms with Crippen LogP contribution in [0.15, 0.2) is 0 Å². The topological polar surface area (TPSA) is 52.6 Å². The van der Waals surface area contributed by atoms with Crippen molar-refractivity contribution in [1.29, 1.82) is 0 Å². The fourth-order valence-corrected chi connectivity index (χ4v) is 2.80.